The molecule has 2 aromatic heterocycles. The lowest BCUT2D eigenvalue weighted by molar-refractivity contribution is 1.14. The number of aromatic nitrogens is 3. The number of pyridine rings is 1. The number of fused-ring (bicyclic) bond motifs is 1. The van der Waals surface area contributed by atoms with Crippen molar-refractivity contribution in [3.63, 3.8) is 0 Å². The highest BCUT2D eigenvalue weighted by atomic mass is 35.5. The summed E-state index contributed by atoms with van der Waals surface area (Å²) in [5.41, 5.74) is 4.45. The molecular formula is C20H14ClN3. The van der Waals surface area contributed by atoms with Crippen LogP contribution >= 0.6 is 11.6 Å². The molecule has 2 heterocycles. The van der Waals surface area contributed by atoms with Crippen molar-refractivity contribution in [2.24, 2.45) is 0 Å². The van der Waals surface area contributed by atoms with Gasteiger partial charge in [-0.3, -0.25) is 0 Å². The van der Waals surface area contributed by atoms with E-state index in [1.807, 2.05) is 73.7 Å². The molecule has 24 heavy (non-hydrogen) atoms. The van der Waals surface area contributed by atoms with Gasteiger partial charge >= 0.3 is 0 Å². The zero-order valence-corrected chi connectivity index (χ0v) is 13.8. The normalized spacial score (nSPS) is 10.9. The van der Waals surface area contributed by atoms with E-state index in [0.717, 1.165) is 33.5 Å². The lowest BCUT2D eigenvalue weighted by Crippen LogP contribution is -1.97. The second kappa shape index (κ2) is 6.02. The predicted octanol–water partition coefficient (Wildman–Crippen LogP) is 5.32. The zero-order chi connectivity index (χ0) is 16.5. The van der Waals surface area contributed by atoms with Gasteiger partial charge in [0.25, 0.3) is 0 Å². The Balaban J connectivity index is 2.03. The molecule has 0 spiro atoms. The highest BCUT2D eigenvalue weighted by Crippen LogP contribution is 2.30. The molecule has 0 aliphatic rings. The fourth-order valence-electron chi connectivity index (χ4n) is 2.70. The Morgan fingerprint density at radius 3 is 2.42 bits per heavy atom. The molecule has 4 heteroatoms. The van der Waals surface area contributed by atoms with Crippen LogP contribution in [0, 0.1) is 6.92 Å². The number of benzene rings is 2. The van der Waals surface area contributed by atoms with E-state index in [4.69, 9.17) is 16.6 Å². The molecule has 0 bridgehead atoms. The van der Waals surface area contributed by atoms with Gasteiger partial charge in [0.2, 0.25) is 0 Å². The average molecular weight is 332 g/mol. The van der Waals surface area contributed by atoms with Crippen molar-refractivity contribution in [1.29, 1.82) is 0 Å². The molecule has 4 rings (SSSR count). The van der Waals surface area contributed by atoms with Crippen LogP contribution in [0.5, 0.6) is 0 Å². The van der Waals surface area contributed by atoms with Gasteiger partial charge in [-0.25, -0.2) is 15.0 Å². The average Bonchev–Trinajstić information content (AvgIpc) is 2.61. The van der Waals surface area contributed by atoms with Crippen molar-refractivity contribution < 1.29 is 0 Å². The van der Waals surface area contributed by atoms with Crippen LogP contribution in [0.1, 0.15) is 5.69 Å². The Bertz CT molecular complexity index is 1030. The van der Waals surface area contributed by atoms with E-state index in [-0.39, 0.29) is 0 Å². The molecule has 0 amide bonds. The first-order valence-corrected chi connectivity index (χ1v) is 8.05. The molecule has 0 saturated carbocycles. The highest BCUT2D eigenvalue weighted by molar-refractivity contribution is 6.31. The minimum atomic E-state index is 0.618. The number of halogens is 1. The van der Waals surface area contributed by atoms with Gasteiger partial charge in [0.15, 0.2) is 5.82 Å². The first-order chi connectivity index (χ1) is 11.7. The van der Waals surface area contributed by atoms with Gasteiger partial charge in [-0.15, -0.1) is 0 Å². The van der Waals surface area contributed by atoms with Crippen molar-refractivity contribution in [3.05, 3.63) is 77.4 Å². The molecule has 0 aliphatic heterocycles. The van der Waals surface area contributed by atoms with Crippen LogP contribution in [0.3, 0.4) is 0 Å². The molecule has 4 aromatic rings. The van der Waals surface area contributed by atoms with E-state index >= 15 is 0 Å². The minimum absolute atomic E-state index is 0.618. The first kappa shape index (κ1) is 14.8. The van der Waals surface area contributed by atoms with Crippen LogP contribution in [-0.4, -0.2) is 15.0 Å². The summed E-state index contributed by atoms with van der Waals surface area (Å²) in [5, 5.41) is 1.61. The quantitative estimate of drug-likeness (QED) is 0.499. The standard InChI is InChI=1S/C20H14ClN3/c1-13-6-5-9-18(22-13)20-23-17-11-10-15(21)12-16(17)19(24-20)14-7-3-2-4-8-14/h2-12H,1H3. The second-order valence-electron chi connectivity index (χ2n) is 5.59. The lowest BCUT2D eigenvalue weighted by atomic mass is 10.1. The molecular weight excluding hydrogens is 318 g/mol. The van der Waals surface area contributed by atoms with Crippen molar-refractivity contribution in [3.8, 4) is 22.8 Å². The second-order valence-corrected chi connectivity index (χ2v) is 6.02. The van der Waals surface area contributed by atoms with E-state index in [0.29, 0.717) is 10.8 Å². The maximum atomic E-state index is 6.19. The monoisotopic (exact) mass is 331 g/mol. The molecule has 3 nitrogen and oxygen atoms in total. The summed E-state index contributed by atoms with van der Waals surface area (Å²) in [6, 6.07) is 21.6. The third-order valence-electron chi connectivity index (χ3n) is 3.82. The van der Waals surface area contributed by atoms with Gasteiger partial charge in [-0.05, 0) is 37.3 Å². The summed E-state index contributed by atoms with van der Waals surface area (Å²) in [4.78, 5) is 14.0. The van der Waals surface area contributed by atoms with Gasteiger partial charge in [0.05, 0.1) is 11.2 Å². The van der Waals surface area contributed by atoms with Crippen LogP contribution < -0.4 is 0 Å². The Morgan fingerprint density at radius 2 is 1.62 bits per heavy atom. The fraction of sp³-hybridized carbons (Fsp3) is 0.0500. The van der Waals surface area contributed by atoms with Gasteiger partial charge in [-0.2, -0.15) is 0 Å². The summed E-state index contributed by atoms with van der Waals surface area (Å²) >= 11 is 6.19. The van der Waals surface area contributed by atoms with Crippen LogP contribution in [-0.2, 0) is 0 Å². The van der Waals surface area contributed by atoms with Crippen molar-refractivity contribution in [2.45, 2.75) is 6.92 Å². The van der Waals surface area contributed by atoms with Gasteiger partial charge in [-0.1, -0.05) is 48.0 Å². The number of nitrogens with zero attached hydrogens (tertiary/aromatic N) is 3. The summed E-state index contributed by atoms with van der Waals surface area (Å²) in [7, 11) is 0. The van der Waals surface area contributed by atoms with E-state index in [9.17, 15) is 0 Å². The van der Waals surface area contributed by atoms with Crippen LogP contribution in [0.2, 0.25) is 5.02 Å². The third kappa shape index (κ3) is 2.74. The number of hydrogen-bond donors (Lipinski definition) is 0. The topological polar surface area (TPSA) is 38.7 Å². The Labute approximate surface area is 145 Å². The van der Waals surface area contributed by atoms with E-state index in [2.05, 4.69) is 9.97 Å². The summed E-state index contributed by atoms with van der Waals surface area (Å²) in [5.74, 6) is 0.618. The van der Waals surface area contributed by atoms with Crippen LogP contribution in [0.15, 0.2) is 66.7 Å². The molecule has 0 radical (unpaired) electrons. The van der Waals surface area contributed by atoms with E-state index in [1.165, 1.54) is 0 Å². The molecule has 2 aromatic carbocycles. The Kier molecular flexibility index (Phi) is 3.71. The van der Waals surface area contributed by atoms with Gasteiger partial charge < -0.3 is 0 Å². The molecule has 0 N–H and O–H groups in total. The molecule has 0 unspecified atom stereocenters. The Morgan fingerprint density at radius 1 is 0.792 bits per heavy atom. The molecule has 0 saturated heterocycles. The smallest absolute Gasteiger partial charge is 0.179 e. The van der Waals surface area contributed by atoms with E-state index in [1.54, 1.807) is 0 Å². The Hall–Kier alpha value is -2.78. The maximum Gasteiger partial charge on any atom is 0.179 e. The highest BCUT2D eigenvalue weighted by Gasteiger charge is 2.12. The van der Waals surface area contributed by atoms with Gasteiger partial charge in [0, 0.05) is 21.7 Å². The predicted molar refractivity (Wildman–Crippen MR) is 98.0 cm³/mol. The third-order valence-corrected chi connectivity index (χ3v) is 4.06. The van der Waals surface area contributed by atoms with E-state index < -0.39 is 0 Å². The molecule has 0 atom stereocenters. The number of aryl methyl sites for hydroxylation is 1. The van der Waals surface area contributed by atoms with Crippen molar-refractivity contribution in [1.82, 2.24) is 15.0 Å². The zero-order valence-electron chi connectivity index (χ0n) is 13.1. The van der Waals surface area contributed by atoms with Crippen molar-refractivity contribution in [2.75, 3.05) is 0 Å². The number of hydrogen-bond acceptors (Lipinski definition) is 3. The van der Waals surface area contributed by atoms with Gasteiger partial charge in [0.1, 0.15) is 5.69 Å². The van der Waals surface area contributed by atoms with Crippen LogP contribution in [0.25, 0.3) is 33.7 Å². The number of rotatable bonds is 2. The molecule has 0 fully saturated rings. The molecule has 116 valence electrons. The summed E-state index contributed by atoms with van der Waals surface area (Å²) in [6.45, 7) is 1.96. The fourth-order valence-corrected chi connectivity index (χ4v) is 2.87. The lowest BCUT2D eigenvalue weighted by Gasteiger charge is -2.09. The van der Waals surface area contributed by atoms with Crippen molar-refractivity contribution >= 4 is 22.5 Å². The summed E-state index contributed by atoms with van der Waals surface area (Å²) in [6.07, 6.45) is 0. The van der Waals surface area contributed by atoms with Crippen LogP contribution in [0.4, 0.5) is 0 Å². The maximum absolute atomic E-state index is 6.19. The summed E-state index contributed by atoms with van der Waals surface area (Å²) < 4.78 is 0. The first-order valence-electron chi connectivity index (χ1n) is 7.67. The largest absolute Gasteiger partial charge is 0.250 e. The SMILES string of the molecule is Cc1cccc(-c2nc(-c3ccccc3)c3cc(Cl)ccc3n2)n1. The minimum Gasteiger partial charge on any atom is -0.250 e. The molecule has 0 aliphatic carbocycles.